The largest absolute Gasteiger partial charge is 0.304 e. The molecule has 7 nitrogen and oxygen atoms in total. The molecular formula is C65H53FIN3O4. The van der Waals surface area contributed by atoms with Crippen LogP contribution in [0.3, 0.4) is 0 Å². The Labute approximate surface area is 447 Å². The molecule has 0 saturated heterocycles. The Bertz CT molecular complexity index is 3360. The molecule has 0 amide bonds. The van der Waals surface area contributed by atoms with Crippen molar-refractivity contribution in [1.29, 1.82) is 0 Å². The van der Waals surface area contributed by atoms with Crippen molar-refractivity contribution in [3.05, 3.63) is 346 Å². The van der Waals surface area contributed by atoms with Crippen LogP contribution in [0.15, 0.2) is 267 Å². The monoisotopic (exact) mass is 1090 g/mol. The number of fused-ring (bicyclic) bond motifs is 4. The Morgan fingerprint density at radius 1 is 0.419 bits per heavy atom. The highest BCUT2D eigenvalue weighted by atomic mass is 127. The fraction of sp³-hybridized carbons (Fsp3) is 0.0769. The van der Waals surface area contributed by atoms with Gasteiger partial charge in [0.15, 0.2) is 0 Å². The van der Waals surface area contributed by atoms with E-state index in [4.69, 9.17) is 1.37 Å². The topological polar surface area (TPSA) is 89.5 Å². The number of benzene rings is 10. The van der Waals surface area contributed by atoms with Crippen LogP contribution in [0.5, 0.6) is 0 Å². The van der Waals surface area contributed by atoms with Gasteiger partial charge in [-0.1, -0.05) is 238 Å². The number of hydrogen-bond donors (Lipinski definition) is 0. The van der Waals surface area contributed by atoms with E-state index in [2.05, 4.69) is 182 Å². The summed E-state index contributed by atoms with van der Waals surface area (Å²) in [5.74, 6) is 0. The molecule has 0 radical (unpaired) electrons. The van der Waals surface area contributed by atoms with Gasteiger partial charge in [0.2, 0.25) is 0 Å². The van der Waals surface area contributed by atoms with Crippen LogP contribution in [0.2, 0.25) is 0 Å². The second kappa shape index (κ2) is 23.3. The summed E-state index contributed by atoms with van der Waals surface area (Å²) in [5, 5.41) is 22.3. The summed E-state index contributed by atoms with van der Waals surface area (Å²) in [4.78, 5) is 23.6. The summed E-state index contributed by atoms with van der Waals surface area (Å²) >= 11 is 1.93. The van der Waals surface area contributed by atoms with Crippen molar-refractivity contribution in [1.82, 2.24) is 0 Å². The molecule has 366 valence electrons. The number of nitrogens with zero attached hydrogens (tertiary/aromatic N) is 3. The van der Waals surface area contributed by atoms with Crippen LogP contribution in [0.25, 0.3) is 0 Å². The van der Waals surface area contributed by atoms with Crippen molar-refractivity contribution in [3.8, 4) is 0 Å². The molecule has 9 heteroatoms. The highest BCUT2D eigenvalue weighted by molar-refractivity contribution is 14.1. The molecule has 74 heavy (non-hydrogen) atoms. The van der Waals surface area contributed by atoms with E-state index in [0.717, 1.165) is 40.0 Å². The highest BCUT2D eigenvalue weighted by Crippen LogP contribution is 2.58. The van der Waals surface area contributed by atoms with Crippen LogP contribution < -0.4 is 4.90 Å². The normalized spacial score (nSPS) is 12.9. The number of hydrogen-bond acceptors (Lipinski definition) is 5. The first-order chi connectivity index (χ1) is 36.3. The molecule has 0 aromatic heterocycles. The number of rotatable bonds is 7. The first-order valence-electron chi connectivity index (χ1n) is 24.3. The predicted octanol–water partition coefficient (Wildman–Crippen LogP) is 17.2. The molecule has 0 N–H and O–H groups in total. The maximum Gasteiger partial charge on any atom is 0.293 e. The molecule has 12 rings (SSSR count). The van der Waals surface area contributed by atoms with Crippen LogP contribution >= 0.6 is 22.6 Å². The van der Waals surface area contributed by atoms with E-state index >= 15 is 0 Å². The van der Waals surface area contributed by atoms with Crippen LogP contribution in [0, 0.1) is 23.8 Å². The summed E-state index contributed by atoms with van der Waals surface area (Å²) in [6.45, 7) is 0. The lowest BCUT2D eigenvalue weighted by Crippen LogP contribution is -2.37. The van der Waals surface area contributed by atoms with E-state index in [9.17, 15) is 24.6 Å². The summed E-state index contributed by atoms with van der Waals surface area (Å²) < 4.78 is 16.2. The molecular weight excluding hydrogens is 1030 g/mol. The second-order valence-electron chi connectivity index (χ2n) is 17.3. The first kappa shape index (κ1) is 50.4. The van der Waals surface area contributed by atoms with Gasteiger partial charge in [0, 0.05) is 12.1 Å². The van der Waals surface area contributed by atoms with E-state index in [-0.39, 0.29) is 34.1 Å². The van der Waals surface area contributed by atoms with Crippen molar-refractivity contribution >= 4 is 51.0 Å². The standard InChI is InChI=1S/C31H22N2O2.C26H20.C6H4INO2.CH3F.CH4/c34-33(35)30-22-12-11-21-29(30)32-27-19-9-7-17-25(27)31(23-13-3-1-4-14-23,24-15-5-2-6-16-24)26-18-8-10-20-28(26)32;1-3-13-22(14-4-1)26(23-15-5-2-6-16-23)24-17-9-7-11-20(24)19-21-12-8-10-18-25(21)26;7-5-3-1-2-4-6(5)8(9)10;1-2;/h1-22H;1-18H,19H2;1-4H;1H3;1H4/i;;;1D;. The van der Waals surface area contributed by atoms with E-state index in [0.29, 0.717) is 9.26 Å². The molecule has 1 aliphatic carbocycles. The minimum atomic E-state index is -1.00. The third-order valence-electron chi connectivity index (χ3n) is 13.5. The smallest absolute Gasteiger partial charge is 0.293 e. The number of anilines is 3. The predicted molar refractivity (Wildman–Crippen MR) is 307 cm³/mol. The van der Waals surface area contributed by atoms with Gasteiger partial charge in [-0.05, 0) is 109 Å². The van der Waals surface area contributed by atoms with Crippen LogP contribution in [0.1, 0.15) is 64.4 Å². The number of nitro benzene ring substituents is 2. The molecule has 0 atom stereocenters. The van der Waals surface area contributed by atoms with Gasteiger partial charge in [0.05, 0.1) is 44.1 Å². The van der Waals surface area contributed by atoms with Gasteiger partial charge < -0.3 is 4.90 Å². The zero-order chi connectivity index (χ0) is 51.5. The molecule has 1 aliphatic heterocycles. The van der Waals surface area contributed by atoms with E-state index < -0.39 is 12.6 Å². The molecule has 2 aliphatic rings. The second-order valence-corrected chi connectivity index (χ2v) is 18.4. The van der Waals surface area contributed by atoms with Crippen LogP contribution in [-0.2, 0) is 17.3 Å². The summed E-state index contributed by atoms with van der Waals surface area (Å²) in [5.41, 5.74) is 14.5. The lowest BCUT2D eigenvalue weighted by Gasteiger charge is -2.46. The number of nitro groups is 2. The molecule has 0 spiro atoms. The minimum Gasteiger partial charge on any atom is -0.304 e. The van der Waals surface area contributed by atoms with Crippen molar-refractivity contribution in [2.45, 2.75) is 24.7 Å². The van der Waals surface area contributed by atoms with Crippen molar-refractivity contribution in [3.63, 3.8) is 0 Å². The van der Waals surface area contributed by atoms with E-state index in [1.54, 1.807) is 30.3 Å². The van der Waals surface area contributed by atoms with Gasteiger partial charge in [0.1, 0.15) is 5.69 Å². The number of alkyl halides is 1. The van der Waals surface area contributed by atoms with Gasteiger partial charge in [-0.2, -0.15) is 0 Å². The van der Waals surface area contributed by atoms with Gasteiger partial charge in [0.25, 0.3) is 11.4 Å². The Balaban J connectivity index is 0.000000163. The summed E-state index contributed by atoms with van der Waals surface area (Å²) in [7, 11) is -1.00. The zero-order valence-electron chi connectivity index (χ0n) is 40.5. The SMILES string of the molecule is C.O=[N+]([O-])c1ccccc1I.O=[N+]([O-])c1ccccc1N1c2ccccc2C(c2ccccc2)(c2ccccc2)c2ccccc21.[2H]CF.c1ccc(C2(c3ccccc3)c3ccccc3Cc3ccccc32)cc1. The Kier molecular flexibility index (Phi) is 15.9. The van der Waals surface area contributed by atoms with E-state index in [1.807, 2.05) is 76.0 Å². The quantitative estimate of drug-likeness (QED) is 0.0901. The molecule has 0 unspecified atom stereocenters. The molecule has 1 heterocycles. The average molecular weight is 1090 g/mol. The van der Waals surface area contributed by atoms with Gasteiger partial charge in [-0.25, -0.2) is 0 Å². The zero-order valence-corrected chi connectivity index (χ0v) is 41.7. The van der Waals surface area contributed by atoms with Gasteiger partial charge >= 0.3 is 0 Å². The fourth-order valence-corrected chi connectivity index (χ4v) is 11.3. The summed E-state index contributed by atoms with van der Waals surface area (Å²) in [6.07, 6.45) is 0.994. The van der Waals surface area contributed by atoms with Crippen molar-refractivity contribution < 1.29 is 15.6 Å². The number of halogens is 2. The lowest BCUT2D eigenvalue weighted by atomic mass is 9.60. The maximum absolute atomic E-state index is 12.0. The van der Waals surface area contributed by atoms with Crippen molar-refractivity contribution in [2.24, 2.45) is 0 Å². The molecule has 0 bridgehead atoms. The summed E-state index contributed by atoms with van der Waals surface area (Å²) in [6, 6.07) is 90.8. The third kappa shape index (κ3) is 9.50. The lowest BCUT2D eigenvalue weighted by molar-refractivity contribution is -0.385. The van der Waals surface area contributed by atoms with Crippen LogP contribution in [-0.4, -0.2) is 17.0 Å². The Morgan fingerprint density at radius 2 is 0.703 bits per heavy atom. The molecule has 0 saturated carbocycles. The average Bonchev–Trinajstić information content (AvgIpc) is 3.53. The number of para-hydroxylation sites is 5. The minimum absolute atomic E-state index is 0. The fourth-order valence-electron chi connectivity index (χ4n) is 10.7. The maximum atomic E-state index is 12.0. The molecule has 10 aromatic rings. The van der Waals surface area contributed by atoms with Gasteiger partial charge in [-0.15, -0.1) is 0 Å². The van der Waals surface area contributed by atoms with Crippen LogP contribution in [0.4, 0.5) is 32.8 Å². The molecule has 10 aromatic carbocycles. The third-order valence-corrected chi connectivity index (χ3v) is 14.4. The highest BCUT2D eigenvalue weighted by Gasteiger charge is 2.47. The first-order valence-corrected chi connectivity index (χ1v) is 24.7. The van der Waals surface area contributed by atoms with E-state index in [1.165, 1.54) is 39.4 Å². The molecule has 0 fully saturated rings. The van der Waals surface area contributed by atoms with Gasteiger partial charge in [-0.3, -0.25) is 24.6 Å². The Hall–Kier alpha value is -8.54. The van der Waals surface area contributed by atoms with Crippen molar-refractivity contribution in [2.75, 3.05) is 12.1 Å². The Morgan fingerprint density at radius 3 is 1.07 bits per heavy atom.